The molecule has 1 fully saturated rings. The van der Waals surface area contributed by atoms with Gasteiger partial charge in [-0.2, -0.15) is 0 Å². The van der Waals surface area contributed by atoms with Crippen molar-refractivity contribution < 1.29 is 23.5 Å². The van der Waals surface area contributed by atoms with Gasteiger partial charge in [-0.05, 0) is 35.9 Å². The lowest BCUT2D eigenvalue weighted by Gasteiger charge is -2.26. The Morgan fingerprint density at radius 3 is 2.62 bits per heavy atom. The van der Waals surface area contributed by atoms with Crippen LogP contribution in [0.4, 0.5) is 0 Å². The lowest BCUT2D eigenvalue weighted by Crippen LogP contribution is -2.47. The van der Waals surface area contributed by atoms with E-state index >= 15 is 0 Å². The highest BCUT2D eigenvalue weighted by molar-refractivity contribution is 8.26. The van der Waals surface area contributed by atoms with Crippen LogP contribution in [0.25, 0.3) is 6.08 Å². The molecule has 1 atom stereocenters. The van der Waals surface area contributed by atoms with E-state index in [1.807, 2.05) is 0 Å². The van der Waals surface area contributed by atoms with Gasteiger partial charge >= 0.3 is 0 Å². The van der Waals surface area contributed by atoms with Crippen LogP contribution >= 0.6 is 58.8 Å². The normalized spacial score (nSPS) is 16.5. The fourth-order valence-corrected chi connectivity index (χ4v) is 4.19. The number of ether oxygens (including phenoxy) is 2. The second-order valence-electron chi connectivity index (χ2n) is 6.39. The number of carbonyl (C=O) groups is 2. The molecular weight excluding hydrogens is 519 g/mol. The Kier molecular flexibility index (Phi) is 8.49. The van der Waals surface area contributed by atoms with Gasteiger partial charge in [0.2, 0.25) is 10.0 Å². The number of nitrogens with zero attached hydrogens (tertiary/aromatic N) is 1. The van der Waals surface area contributed by atoms with Crippen LogP contribution in [-0.4, -0.2) is 51.3 Å². The van der Waals surface area contributed by atoms with Crippen molar-refractivity contribution in [3.05, 3.63) is 58.9 Å². The fraction of sp³-hybridized carbons (Fsp3) is 0.250. The molecule has 0 saturated carbocycles. The summed E-state index contributed by atoms with van der Waals surface area (Å²) in [4.78, 5) is 26.8. The SMILES string of the molecule is COCCN1C(=O)/C(=C/c2ccc(O[C@H](NC(=O)c3ccco3)C(Cl)(Cl)Cl)cc2)SC1=S. The molecule has 1 aromatic heterocycles. The molecule has 1 aliphatic rings. The molecule has 1 N–H and O–H groups in total. The van der Waals surface area contributed by atoms with Gasteiger partial charge in [0.25, 0.3) is 11.8 Å². The average molecular weight is 536 g/mol. The summed E-state index contributed by atoms with van der Waals surface area (Å²) in [5.74, 6) is -0.385. The van der Waals surface area contributed by atoms with Crippen LogP contribution in [-0.2, 0) is 9.53 Å². The molecule has 32 heavy (non-hydrogen) atoms. The van der Waals surface area contributed by atoms with E-state index < -0.39 is 15.9 Å². The quantitative estimate of drug-likeness (QED) is 0.228. The second-order valence-corrected chi connectivity index (χ2v) is 10.4. The minimum Gasteiger partial charge on any atom is -0.466 e. The zero-order valence-corrected chi connectivity index (χ0v) is 20.4. The molecule has 3 rings (SSSR count). The Balaban J connectivity index is 1.69. The number of thiocarbonyl (C=S) groups is 1. The molecule has 1 aromatic carbocycles. The zero-order valence-electron chi connectivity index (χ0n) is 16.5. The van der Waals surface area contributed by atoms with Crippen molar-refractivity contribution in [2.24, 2.45) is 0 Å². The lowest BCUT2D eigenvalue weighted by atomic mass is 10.2. The van der Waals surface area contributed by atoms with E-state index in [9.17, 15) is 9.59 Å². The summed E-state index contributed by atoms with van der Waals surface area (Å²) in [6.07, 6.45) is 1.79. The summed E-state index contributed by atoms with van der Waals surface area (Å²) in [5, 5.41) is 2.47. The molecule has 0 radical (unpaired) electrons. The van der Waals surface area contributed by atoms with Crippen molar-refractivity contribution in [2.75, 3.05) is 20.3 Å². The highest BCUT2D eigenvalue weighted by Gasteiger charge is 2.37. The molecule has 2 aromatic rings. The van der Waals surface area contributed by atoms with E-state index in [1.165, 1.54) is 29.0 Å². The Labute approximate surface area is 208 Å². The highest BCUT2D eigenvalue weighted by Crippen LogP contribution is 2.34. The van der Waals surface area contributed by atoms with Crippen LogP contribution < -0.4 is 10.1 Å². The van der Waals surface area contributed by atoms with Crippen molar-refractivity contribution in [1.82, 2.24) is 10.2 Å². The highest BCUT2D eigenvalue weighted by atomic mass is 35.6. The van der Waals surface area contributed by atoms with Crippen molar-refractivity contribution in [1.29, 1.82) is 0 Å². The van der Waals surface area contributed by atoms with Crippen LogP contribution in [0, 0.1) is 0 Å². The van der Waals surface area contributed by atoms with E-state index in [0.29, 0.717) is 28.1 Å². The summed E-state index contributed by atoms with van der Waals surface area (Å²) in [7, 11) is 1.56. The lowest BCUT2D eigenvalue weighted by molar-refractivity contribution is -0.122. The third kappa shape index (κ3) is 6.40. The number of carbonyl (C=O) groups excluding carboxylic acids is 2. The van der Waals surface area contributed by atoms with E-state index in [2.05, 4.69) is 5.32 Å². The van der Waals surface area contributed by atoms with Gasteiger partial charge in [-0.3, -0.25) is 14.5 Å². The van der Waals surface area contributed by atoms with Gasteiger partial charge in [0.15, 0.2) is 5.76 Å². The zero-order chi connectivity index (χ0) is 23.3. The number of rotatable bonds is 8. The van der Waals surface area contributed by atoms with Crippen molar-refractivity contribution in [3.8, 4) is 5.75 Å². The van der Waals surface area contributed by atoms with Gasteiger partial charge in [0.05, 0.1) is 24.3 Å². The molecule has 0 spiro atoms. The summed E-state index contributed by atoms with van der Waals surface area (Å²) in [5.41, 5.74) is 0.745. The number of benzene rings is 1. The summed E-state index contributed by atoms with van der Waals surface area (Å²) >= 11 is 24.4. The summed E-state index contributed by atoms with van der Waals surface area (Å²) in [6, 6.07) is 9.73. The number of thioether (sulfide) groups is 1. The number of halogens is 3. The molecular formula is C20H17Cl3N2O5S2. The fourth-order valence-electron chi connectivity index (χ4n) is 2.58. The maximum Gasteiger partial charge on any atom is 0.289 e. The first-order valence-electron chi connectivity index (χ1n) is 9.11. The average Bonchev–Trinajstić information content (AvgIpc) is 3.36. The molecule has 2 amide bonds. The summed E-state index contributed by atoms with van der Waals surface area (Å²) in [6.45, 7) is 0.792. The van der Waals surface area contributed by atoms with Crippen LogP contribution in [0.2, 0.25) is 0 Å². The molecule has 1 saturated heterocycles. The van der Waals surface area contributed by atoms with Gasteiger partial charge in [0.1, 0.15) is 10.1 Å². The topological polar surface area (TPSA) is 81.0 Å². The molecule has 170 valence electrons. The Morgan fingerprint density at radius 1 is 1.31 bits per heavy atom. The Hall–Kier alpha value is -1.75. The van der Waals surface area contributed by atoms with E-state index in [0.717, 1.165) is 5.56 Å². The number of hydrogen-bond donors (Lipinski definition) is 1. The smallest absolute Gasteiger partial charge is 0.289 e. The minimum atomic E-state index is -1.95. The van der Waals surface area contributed by atoms with Crippen molar-refractivity contribution >= 4 is 81.0 Å². The van der Waals surface area contributed by atoms with Crippen LogP contribution in [0.5, 0.6) is 5.75 Å². The summed E-state index contributed by atoms with van der Waals surface area (Å²) < 4.78 is 14.2. The number of furan rings is 1. The van der Waals surface area contributed by atoms with E-state index in [4.69, 9.17) is 60.9 Å². The molecule has 1 aliphatic heterocycles. The van der Waals surface area contributed by atoms with Crippen molar-refractivity contribution in [3.63, 3.8) is 0 Å². The Bertz CT molecular complexity index is 1010. The first-order valence-corrected chi connectivity index (χ1v) is 11.5. The Morgan fingerprint density at radius 2 is 2.03 bits per heavy atom. The van der Waals surface area contributed by atoms with Crippen LogP contribution in [0.3, 0.4) is 0 Å². The molecule has 7 nitrogen and oxygen atoms in total. The molecule has 12 heteroatoms. The van der Waals surface area contributed by atoms with E-state index in [-0.39, 0.29) is 11.7 Å². The number of amides is 2. The standard InChI is InChI=1S/C20H17Cl3N2O5S2/c1-28-10-8-25-17(27)15(32-19(25)31)11-12-4-6-13(7-5-12)30-18(20(21,22)23)24-16(26)14-3-2-9-29-14/h2-7,9,11,18H,8,10H2,1H3,(H,24,26)/b15-11-/t18-/m0/s1. The first kappa shape index (κ1) is 24.9. The molecule has 2 heterocycles. The van der Waals surface area contributed by atoms with Gasteiger partial charge in [-0.15, -0.1) is 0 Å². The van der Waals surface area contributed by atoms with Crippen LogP contribution in [0.15, 0.2) is 52.0 Å². The third-order valence-electron chi connectivity index (χ3n) is 4.13. The van der Waals surface area contributed by atoms with E-state index in [1.54, 1.807) is 43.5 Å². The van der Waals surface area contributed by atoms with Gasteiger partial charge in [-0.25, -0.2) is 0 Å². The van der Waals surface area contributed by atoms with Gasteiger partial charge in [-0.1, -0.05) is 70.9 Å². The molecule has 0 unspecified atom stereocenters. The van der Waals surface area contributed by atoms with Crippen LogP contribution in [0.1, 0.15) is 16.1 Å². The number of alkyl halides is 3. The third-order valence-corrected chi connectivity index (χ3v) is 6.10. The monoisotopic (exact) mass is 534 g/mol. The number of methoxy groups -OCH3 is 1. The van der Waals surface area contributed by atoms with Gasteiger partial charge < -0.3 is 19.2 Å². The molecule has 0 aliphatic carbocycles. The maximum absolute atomic E-state index is 12.5. The molecule has 0 bridgehead atoms. The predicted octanol–water partition coefficient (Wildman–Crippen LogP) is 4.63. The minimum absolute atomic E-state index is 0.0472. The largest absolute Gasteiger partial charge is 0.466 e. The predicted molar refractivity (Wildman–Crippen MR) is 129 cm³/mol. The second kappa shape index (κ2) is 10.9. The first-order chi connectivity index (χ1) is 15.2. The maximum atomic E-state index is 12.5. The number of nitrogens with one attached hydrogen (secondary N) is 1. The number of hydrogen-bond acceptors (Lipinski definition) is 7. The van der Waals surface area contributed by atoms with Crippen molar-refractivity contribution in [2.45, 2.75) is 10.0 Å². The van der Waals surface area contributed by atoms with Gasteiger partial charge in [0, 0.05) is 7.11 Å².